The van der Waals surface area contributed by atoms with Crippen LogP contribution in [0.25, 0.3) is 0 Å². The summed E-state index contributed by atoms with van der Waals surface area (Å²) in [6.45, 7) is 4.85. The Morgan fingerprint density at radius 2 is 1.88 bits per heavy atom. The van der Waals surface area contributed by atoms with Gasteiger partial charge in [-0.3, -0.25) is 9.59 Å². The summed E-state index contributed by atoms with van der Waals surface area (Å²) in [4.78, 5) is 37.6. The molecule has 2 heterocycles. The van der Waals surface area contributed by atoms with E-state index in [-0.39, 0.29) is 29.5 Å². The van der Waals surface area contributed by atoms with Gasteiger partial charge >= 0.3 is 0 Å². The van der Waals surface area contributed by atoms with Crippen molar-refractivity contribution in [3.63, 3.8) is 0 Å². The Hall–Kier alpha value is -2.32. The maximum absolute atomic E-state index is 12.4. The zero-order valence-corrected chi connectivity index (χ0v) is 20.4. The third-order valence-electron chi connectivity index (χ3n) is 5.95. The highest BCUT2D eigenvalue weighted by Crippen LogP contribution is 2.31. The van der Waals surface area contributed by atoms with Crippen LogP contribution in [0.5, 0.6) is 0 Å². The molecule has 1 aliphatic heterocycles. The first-order chi connectivity index (χ1) is 16.0. The average Bonchev–Trinajstić information content (AvgIpc) is 3.67. The number of hydrogen-bond donors (Lipinski definition) is 1. The van der Waals surface area contributed by atoms with Crippen LogP contribution in [-0.4, -0.2) is 64.7 Å². The van der Waals surface area contributed by atoms with E-state index in [1.54, 1.807) is 6.07 Å². The monoisotopic (exact) mass is 487 g/mol. The third-order valence-corrected chi connectivity index (χ3v) is 6.99. The maximum Gasteiger partial charge on any atom is 0.230 e. The molecule has 1 saturated heterocycles. The highest BCUT2D eigenvalue weighted by Gasteiger charge is 2.34. The molecule has 33 heavy (non-hydrogen) atoms. The molecule has 0 bridgehead atoms. The Kier molecular flexibility index (Phi) is 8.09. The largest absolute Gasteiger partial charge is 0.353 e. The summed E-state index contributed by atoms with van der Waals surface area (Å²) < 4.78 is 0. The predicted octanol–water partition coefficient (Wildman–Crippen LogP) is 3.42. The van der Waals surface area contributed by atoms with E-state index in [2.05, 4.69) is 32.3 Å². The molecule has 4 rings (SSSR count). The molecule has 9 heteroatoms. The number of anilines is 1. The van der Waals surface area contributed by atoms with E-state index in [9.17, 15) is 9.59 Å². The highest BCUT2D eigenvalue weighted by atomic mass is 35.5. The Morgan fingerprint density at radius 3 is 2.58 bits per heavy atom. The first-order valence-electron chi connectivity index (χ1n) is 11.5. The predicted molar refractivity (Wildman–Crippen MR) is 132 cm³/mol. The van der Waals surface area contributed by atoms with Crippen LogP contribution in [0.3, 0.4) is 0 Å². The zero-order valence-electron chi connectivity index (χ0n) is 18.9. The van der Waals surface area contributed by atoms with Crippen molar-refractivity contribution in [3.8, 4) is 0 Å². The van der Waals surface area contributed by atoms with Crippen LogP contribution in [0.15, 0.2) is 41.6 Å². The topological polar surface area (TPSA) is 78.4 Å². The number of aromatic nitrogens is 2. The van der Waals surface area contributed by atoms with Crippen molar-refractivity contribution in [1.29, 1.82) is 0 Å². The van der Waals surface area contributed by atoms with Crippen molar-refractivity contribution in [2.75, 3.05) is 36.8 Å². The Bertz CT molecular complexity index is 965. The lowest BCUT2D eigenvalue weighted by molar-refractivity contribution is -0.132. The summed E-state index contributed by atoms with van der Waals surface area (Å²) >= 11 is 7.53. The number of nitrogens with zero attached hydrogens (tertiary/aromatic N) is 4. The molecule has 2 aromatic rings. The molecule has 1 N–H and O–H groups in total. The maximum atomic E-state index is 12.4. The van der Waals surface area contributed by atoms with Crippen LogP contribution in [0.2, 0.25) is 5.15 Å². The fourth-order valence-electron chi connectivity index (χ4n) is 3.90. The molecular weight excluding hydrogens is 458 g/mol. The first kappa shape index (κ1) is 23.8. The number of piperazine rings is 1. The van der Waals surface area contributed by atoms with Crippen molar-refractivity contribution in [2.24, 2.45) is 5.92 Å². The molecule has 2 aliphatic rings. The fraction of sp³-hybridized carbons (Fsp3) is 0.500. The summed E-state index contributed by atoms with van der Waals surface area (Å²) in [5.41, 5.74) is 1.27. The van der Waals surface area contributed by atoms with Crippen LogP contribution in [0.1, 0.15) is 31.7 Å². The number of carbonyl (C=O) groups excluding carboxylic acids is 2. The second-order valence-corrected chi connectivity index (χ2v) is 10.0. The Balaban J connectivity index is 1.24. The second kappa shape index (κ2) is 11.2. The molecule has 2 fully saturated rings. The molecule has 1 saturated carbocycles. The molecular formula is C24H30ClN5O2S. The number of nitrogens with one attached hydrogen (secondary N) is 1. The Labute approximate surface area is 204 Å². The highest BCUT2D eigenvalue weighted by molar-refractivity contribution is 7.99. The minimum atomic E-state index is -0.0436. The summed E-state index contributed by atoms with van der Waals surface area (Å²) in [7, 11) is 0. The van der Waals surface area contributed by atoms with Gasteiger partial charge in [0.1, 0.15) is 11.0 Å². The van der Waals surface area contributed by atoms with Crippen molar-refractivity contribution < 1.29 is 9.59 Å². The first-order valence-corrected chi connectivity index (χ1v) is 12.9. The van der Waals surface area contributed by atoms with Gasteiger partial charge in [-0.05, 0) is 38.2 Å². The number of carbonyl (C=O) groups is 2. The standard InChI is InChI=1S/C24H30ClN5O2S/c1-17(7-8-18-5-3-2-4-6-18)26-22(31)16-33-24-27-20(25)15-21(28-24)29-11-13-30(14-12-29)23(32)19-9-10-19/h2-6,15,17,19H,7-14,16H2,1H3,(H,26,31). The van der Waals surface area contributed by atoms with Gasteiger partial charge < -0.3 is 15.1 Å². The van der Waals surface area contributed by atoms with Gasteiger partial charge in [0.15, 0.2) is 5.16 Å². The van der Waals surface area contributed by atoms with E-state index in [1.165, 1.54) is 17.3 Å². The van der Waals surface area contributed by atoms with E-state index in [4.69, 9.17) is 11.6 Å². The normalized spacial score (nSPS) is 17.0. The van der Waals surface area contributed by atoms with Crippen molar-refractivity contribution in [2.45, 2.75) is 43.8 Å². The summed E-state index contributed by atoms with van der Waals surface area (Å²) in [5.74, 6) is 1.47. The molecule has 0 spiro atoms. The third kappa shape index (κ3) is 7.08. The van der Waals surface area contributed by atoms with Gasteiger partial charge in [-0.1, -0.05) is 53.7 Å². The molecule has 7 nitrogen and oxygen atoms in total. The van der Waals surface area contributed by atoms with Gasteiger partial charge in [-0.15, -0.1) is 0 Å². The average molecular weight is 488 g/mol. The molecule has 1 atom stereocenters. The number of aryl methyl sites for hydroxylation is 1. The molecule has 1 aromatic heterocycles. The number of rotatable bonds is 9. The summed E-state index contributed by atoms with van der Waals surface area (Å²) in [6, 6.07) is 12.1. The minimum absolute atomic E-state index is 0.0436. The van der Waals surface area contributed by atoms with Crippen molar-refractivity contribution in [3.05, 3.63) is 47.1 Å². The van der Waals surface area contributed by atoms with Crippen LogP contribution < -0.4 is 10.2 Å². The van der Waals surface area contributed by atoms with Gasteiger partial charge in [-0.2, -0.15) is 0 Å². The number of thioether (sulfide) groups is 1. The SMILES string of the molecule is CC(CCc1ccccc1)NC(=O)CSc1nc(Cl)cc(N2CCN(C(=O)C3CC3)CC2)n1. The lowest BCUT2D eigenvalue weighted by Crippen LogP contribution is -2.49. The number of halogens is 1. The molecule has 1 unspecified atom stereocenters. The van der Waals surface area contributed by atoms with E-state index in [0.29, 0.717) is 23.4 Å². The lowest BCUT2D eigenvalue weighted by Gasteiger charge is -2.35. The summed E-state index contributed by atoms with van der Waals surface area (Å²) in [6.07, 6.45) is 3.87. The smallest absolute Gasteiger partial charge is 0.230 e. The van der Waals surface area contributed by atoms with Crippen molar-refractivity contribution in [1.82, 2.24) is 20.2 Å². The van der Waals surface area contributed by atoms with Crippen LogP contribution in [0.4, 0.5) is 5.82 Å². The van der Waals surface area contributed by atoms with Crippen molar-refractivity contribution >= 4 is 41.0 Å². The van der Waals surface area contributed by atoms with E-state index < -0.39 is 0 Å². The summed E-state index contributed by atoms with van der Waals surface area (Å²) in [5, 5.41) is 3.89. The minimum Gasteiger partial charge on any atom is -0.353 e. The second-order valence-electron chi connectivity index (χ2n) is 8.70. The molecule has 1 aliphatic carbocycles. The van der Waals surface area contributed by atoms with Crippen LogP contribution in [-0.2, 0) is 16.0 Å². The van der Waals surface area contributed by atoms with E-state index >= 15 is 0 Å². The molecule has 2 amide bonds. The Morgan fingerprint density at radius 1 is 1.15 bits per heavy atom. The van der Waals surface area contributed by atoms with Crippen LogP contribution in [0, 0.1) is 5.92 Å². The van der Waals surface area contributed by atoms with E-state index in [0.717, 1.165) is 44.6 Å². The number of benzene rings is 1. The van der Waals surface area contributed by atoms with Gasteiger partial charge in [-0.25, -0.2) is 9.97 Å². The molecule has 0 radical (unpaired) electrons. The van der Waals surface area contributed by atoms with Gasteiger partial charge in [0, 0.05) is 44.2 Å². The number of amides is 2. The van der Waals surface area contributed by atoms with E-state index in [1.807, 2.05) is 30.0 Å². The zero-order chi connectivity index (χ0) is 23.2. The fourth-order valence-corrected chi connectivity index (χ4v) is 4.80. The van der Waals surface area contributed by atoms with Gasteiger partial charge in [0.05, 0.1) is 5.75 Å². The van der Waals surface area contributed by atoms with Gasteiger partial charge in [0.25, 0.3) is 0 Å². The van der Waals surface area contributed by atoms with Crippen LogP contribution >= 0.6 is 23.4 Å². The molecule has 176 valence electrons. The number of hydrogen-bond acceptors (Lipinski definition) is 6. The van der Waals surface area contributed by atoms with Gasteiger partial charge in [0.2, 0.25) is 11.8 Å². The lowest BCUT2D eigenvalue weighted by atomic mass is 10.1. The molecule has 1 aromatic carbocycles. The quantitative estimate of drug-likeness (QED) is 0.332.